The van der Waals surface area contributed by atoms with E-state index in [1.165, 1.54) is 25.3 Å². The highest BCUT2D eigenvalue weighted by atomic mass is 32.2. The van der Waals surface area contributed by atoms with Crippen molar-refractivity contribution in [3.63, 3.8) is 0 Å². The molecule has 1 aliphatic heterocycles. The van der Waals surface area contributed by atoms with Gasteiger partial charge < -0.3 is 9.47 Å². The highest BCUT2D eigenvalue weighted by molar-refractivity contribution is 7.91. The second-order valence-electron chi connectivity index (χ2n) is 7.09. The van der Waals surface area contributed by atoms with Crippen LogP contribution in [-0.2, 0) is 31.1 Å². The summed E-state index contributed by atoms with van der Waals surface area (Å²) in [5.41, 5.74) is 0.923. The Bertz CT molecular complexity index is 1150. The van der Waals surface area contributed by atoms with Gasteiger partial charge in [0.2, 0.25) is 0 Å². The fourth-order valence-corrected chi connectivity index (χ4v) is 4.75. The average molecular weight is 469 g/mol. The van der Waals surface area contributed by atoms with Gasteiger partial charge in [0.25, 0.3) is 15.9 Å². The maximum Gasteiger partial charge on any atom is 0.265 e. The lowest BCUT2D eigenvalue weighted by molar-refractivity contribution is 0.0338. The molecule has 0 saturated carbocycles. The Morgan fingerprint density at radius 2 is 1.65 bits per heavy atom. The number of rotatable bonds is 7. The van der Waals surface area contributed by atoms with E-state index in [0.29, 0.717) is 25.5 Å². The first-order chi connectivity index (χ1) is 14.6. The SMILES string of the molecule is COc1ccc(C(=O)NS(=O)(=O)c2ccc(S(C)(=O)=O)cc2)cc1CN1CCOCC1. The standard InChI is InChI=1S/C20H24N2O7S2/c1-28-19-8-3-15(13-16(19)14-22-9-11-29-12-10-22)20(23)21-31(26,27)18-6-4-17(5-7-18)30(2,24)25/h3-8,13H,9-12,14H2,1-2H3,(H,21,23). The van der Waals surface area contributed by atoms with Crippen LogP contribution in [0.5, 0.6) is 5.75 Å². The Labute approximate surface area is 181 Å². The number of hydrogen-bond acceptors (Lipinski definition) is 8. The summed E-state index contributed by atoms with van der Waals surface area (Å²) in [4.78, 5) is 14.6. The summed E-state index contributed by atoms with van der Waals surface area (Å²) < 4.78 is 61.0. The predicted molar refractivity (Wildman–Crippen MR) is 113 cm³/mol. The van der Waals surface area contributed by atoms with Crippen molar-refractivity contribution < 1.29 is 31.1 Å². The highest BCUT2D eigenvalue weighted by Gasteiger charge is 2.21. The van der Waals surface area contributed by atoms with Crippen molar-refractivity contribution in [2.45, 2.75) is 16.3 Å². The molecule has 1 heterocycles. The third kappa shape index (κ3) is 5.82. The first-order valence-corrected chi connectivity index (χ1v) is 12.8. The maximum absolute atomic E-state index is 12.6. The van der Waals surface area contributed by atoms with Crippen LogP contribution < -0.4 is 9.46 Å². The Morgan fingerprint density at radius 1 is 1.03 bits per heavy atom. The summed E-state index contributed by atoms with van der Waals surface area (Å²) >= 11 is 0. The summed E-state index contributed by atoms with van der Waals surface area (Å²) in [6, 6.07) is 9.36. The molecule has 0 unspecified atom stereocenters. The van der Waals surface area contributed by atoms with E-state index in [-0.39, 0.29) is 15.4 Å². The number of nitrogens with one attached hydrogen (secondary N) is 1. The van der Waals surface area contributed by atoms with Gasteiger partial charge in [0, 0.05) is 37.0 Å². The Morgan fingerprint density at radius 3 is 2.23 bits per heavy atom. The molecular weight excluding hydrogens is 444 g/mol. The summed E-state index contributed by atoms with van der Waals surface area (Å²) in [5, 5.41) is 0. The molecule has 0 aliphatic carbocycles. The second-order valence-corrected chi connectivity index (χ2v) is 10.8. The van der Waals surface area contributed by atoms with Gasteiger partial charge >= 0.3 is 0 Å². The van der Waals surface area contributed by atoms with Crippen LogP contribution in [0.3, 0.4) is 0 Å². The minimum absolute atomic E-state index is 0.0133. The largest absolute Gasteiger partial charge is 0.496 e. The lowest BCUT2D eigenvalue weighted by Crippen LogP contribution is -2.36. The van der Waals surface area contributed by atoms with Gasteiger partial charge in [0.05, 0.1) is 30.1 Å². The van der Waals surface area contributed by atoms with Crippen molar-refractivity contribution in [1.82, 2.24) is 9.62 Å². The van der Waals surface area contributed by atoms with E-state index in [1.54, 1.807) is 12.1 Å². The highest BCUT2D eigenvalue weighted by Crippen LogP contribution is 2.23. The maximum atomic E-state index is 12.6. The summed E-state index contributed by atoms with van der Waals surface area (Å²) in [5.74, 6) is -0.194. The molecule has 2 aromatic carbocycles. The fourth-order valence-electron chi connectivity index (χ4n) is 3.15. The lowest BCUT2D eigenvalue weighted by atomic mass is 10.1. The fraction of sp³-hybridized carbons (Fsp3) is 0.350. The predicted octanol–water partition coefficient (Wildman–Crippen LogP) is 1.05. The molecule has 2 aromatic rings. The summed E-state index contributed by atoms with van der Waals surface area (Å²) in [6.07, 6.45) is 1.02. The molecule has 1 saturated heterocycles. The number of sulfonamides is 1. The zero-order chi connectivity index (χ0) is 22.6. The molecule has 1 amide bonds. The number of benzene rings is 2. The summed E-state index contributed by atoms with van der Waals surface area (Å²) in [6.45, 7) is 3.28. The van der Waals surface area contributed by atoms with Crippen LogP contribution in [-0.4, -0.2) is 67.3 Å². The van der Waals surface area contributed by atoms with Crippen LogP contribution in [0, 0.1) is 0 Å². The van der Waals surface area contributed by atoms with E-state index < -0.39 is 25.8 Å². The molecule has 31 heavy (non-hydrogen) atoms. The van der Waals surface area contributed by atoms with Crippen molar-refractivity contribution >= 4 is 25.8 Å². The molecule has 11 heteroatoms. The molecular formula is C20H24N2O7S2. The molecule has 9 nitrogen and oxygen atoms in total. The topological polar surface area (TPSA) is 119 Å². The zero-order valence-corrected chi connectivity index (χ0v) is 18.8. The van der Waals surface area contributed by atoms with E-state index in [9.17, 15) is 21.6 Å². The first kappa shape index (κ1) is 23.2. The second kappa shape index (κ2) is 9.35. The number of morpholine rings is 1. The van der Waals surface area contributed by atoms with Crippen molar-refractivity contribution in [3.8, 4) is 5.75 Å². The number of hydrogen-bond donors (Lipinski definition) is 1. The minimum atomic E-state index is -4.18. The van der Waals surface area contributed by atoms with Gasteiger partial charge in [-0.05, 0) is 42.5 Å². The van der Waals surface area contributed by atoms with Gasteiger partial charge in [-0.2, -0.15) is 0 Å². The third-order valence-corrected chi connectivity index (χ3v) is 7.30. The molecule has 0 radical (unpaired) electrons. The number of carbonyl (C=O) groups is 1. The number of methoxy groups -OCH3 is 1. The van der Waals surface area contributed by atoms with Crippen molar-refractivity contribution in [2.24, 2.45) is 0 Å². The van der Waals surface area contributed by atoms with Crippen molar-refractivity contribution in [2.75, 3.05) is 39.7 Å². The van der Waals surface area contributed by atoms with Gasteiger partial charge in [-0.1, -0.05) is 0 Å². The molecule has 1 N–H and O–H groups in total. The van der Waals surface area contributed by atoms with Crippen LogP contribution >= 0.6 is 0 Å². The molecule has 0 aromatic heterocycles. The molecule has 0 bridgehead atoms. The van der Waals surface area contributed by atoms with Crippen LogP contribution in [0.15, 0.2) is 52.3 Å². The molecule has 0 spiro atoms. The normalized spacial score (nSPS) is 15.4. The van der Waals surface area contributed by atoms with E-state index in [1.807, 2.05) is 4.72 Å². The smallest absolute Gasteiger partial charge is 0.265 e. The quantitative estimate of drug-likeness (QED) is 0.641. The number of sulfone groups is 1. The van der Waals surface area contributed by atoms with E-state index >= 15 is 0 Å². The van der Waals surface area contributed by atoms with Gasteiger partial charge in [0.1, 0.15) is 5.75 Å². The molecule has 1 fully saturated rings. The van der Waals surface area contributed by atoms with Gasteiger partial charge in [-0.25, -0.2) is 21.6 Å². The van der Waals surface area contributed by atoms with E-state index in [4.69, 9.17) is 9.47 Å². The molecule has 168 valence electrons. The van der Waals surface area contributed by atoms with Gasteiger partial charge in [0.15, 0.2) is 9.84 Å². The Hall–Kier alpha value is -2.47. The number of carbonyl (C=O) groups excluding carboxylic acids is 1. The number of nitrogens with zero attached hydrogens (tertiary/aromatic N) is 1. The van der Waals surface area contributed by atoms with Gasteiger partial charge in [-0.3, -0.25) is 9.69 Å². The van der Waals surface area contributed by atoms with Crippen LogP contribution in [0.2, 0.25) is 0 Å². The summed E-state index contributed by atoms with van der Waals surface area (Å²) in [7, 11) is -6.11. The first-order valence-electron chi connectivity index (χ1n) is 9.44. The zero-order valence-electron chi connectivity index (χ0n) is 17.2. The number of ether oxygens (including phenoxy) is 2. The third-order valence-electron chi connectivity index (χ3n) is 4.83. The monoisotopic (exact) mass is 468 g/mol. The van der Waals surface area contributed by atoms with Crippen LogP contribution in [0.1, 0.15) is 15.9 Å². The van der Waals surface area contributed by atoms with Gasteiger partial charge in [-0.15, -0.1) is 0 Å². The Kier molecular flexibility index (Phi) is 6.99. The van der Waals surface area contributed by atoms with Crippen molar-refractivity contribution in [3.05, 3.63) is 53.6 Å². The minimum Gasteiger partial charge on any atom is -0.496 e. The molecule has 0 atom stereocenters. The number of amides is 1. The Balaban J connectivity index is 1.79. The van der Waals surface area contributed by atoms with E-state index in [0.717, 1.165) is 37.0 Å². The van der Waals surface area contributed by atoms with E-state index in [2.05, 4.69) is 4.90 Å². The molecule has 1 aliphatic rings. The van der Waals surface area contributed by atoms with Crippen molar-refractivity contribution in [1.29, 1.82) is 0 Å². The van der Waals surface area contributed by atoms with Crippen LogP contribution in [0.4, 0.5) is 0 Å². The van der Waals surface area contributed by atoms with Crippen LogP contribution in [0.25, 0.3) is 0 Å². The average Bonchev–Trinajstić information content (AvgIpc) is 2.73. The molecule has 3 rings (SSSR count). The lowest BCUT2D eigenvalue weighted by Gasteiger charge is -2.27.